The van der Waals surface area contributed by atoms with Crippen LogP contribution in [0.1, 0.15) is 32.0 Å². The van der Waals surface area contributed by atoms with E-state index in [1.807, 2.05) is 0 Å². The fraction of sp³-hybridized carbons (Fsp3) is 0.500. The highest BCUT2D eigenvalue weighted by Gasteiger charge is 2.49. The van der Waals surface area contributed by atoms with Gasteiger partial charge in [0.1, 0.15) is 41.5 Å². The second-order valence-corrected chi connectivity index (χ2v) is 19.0. The summed E-state index contributed by atoms with van der Waals surface area (Å²) in [5.74, 6) is -1.73. The fourth-order valence-corrected chi connectivity index (χ4v) is 5.48. The van der Waals surface area contributed by atoms with Crippen molar-refractivity contribution in [2.24, 2.45) is 0 Å². The number of anilines is 2. The number of carbonyl (C=O) groups excluding carboxylic acids is 3. The number of alkyl halides is 3. The average molecular weight is 667 g/mol. The molecule has 1 aliphatic rings. The fourth-order valence-electron chi connectivity index (χ4n) is 4.72. The molecule has 0 aliphatic carbocycles. The summed E-state index contributed by atoms with van der Waals surface area (Å²) in [6.07, 6.45) is -4.60. The van der Waals surface area contributed by atoms with Crippen molar-refractivity contribution < 1.29 is 41.4 Å². The van der Waals surface area contributed by atoms with Gasteiger partial charge in [0, 0.05) is 25.5 Å². The first kappa shape index (κ1) is 34.8. The lowest BCUT2D eigenvalue weighted by atomic mass is 10.2. The lowest BCUT2D eigenvalue weighted by Gasteiger charge is -2.27. The Bertz CT molecular complexity index is 1650. The van der Waals surface area contributed by atoms with E-state index in [0.717, 1.165) is 21.9 Å². The number of amides is 4. The third-order valence-corrected chi connectivity index (χ3v) is 8.78. The smallest absolute Gasteiger partial charge is 0.418 e. The standard InChI is InChI=1S/C30H38F4N6O5Si/c1-18-13-19(30(32,33)34)14-24(35-18)40-22(16-39(27(40)42)28(43)45-29(2,3)4)26(41)37(5)23-10-9-20-21(31)15-38(25(20)36-23)17-44-11-12-46(6,7)8/h9-10,13-15,22H,11-12,16-17H2,1-8H3/q-1/t22-/m0/s1. The summed E-state index contributed by atoms with van der Waals surface area (Å²) in [7, 11) is -0.00172. The average Bonchev–Trinajstić information content (AvgIpc) is 3.44. The maximum Gasteiger partial charge on any atom is 0.418 e. The molecular weight excluding hydrogens is 628 g/mol. The molecule has 1 fully saturated rings. The van der Waals surface area contributed by atoms with Gasteiger partial charge >= 0.3 is 18.3 Å². The molecule has 11 nitrogen and oxygen atoms in total. The molecule has 0 unspecified atom stereocenters. The normalized spacial score (nSPS) is 16.0. The first-order valence-corrected chi connectivity index (χ1v) is 18.3. The second-order valence-electron chi connectivity index (χ2n) is 13.3. The number of hydrogen-bond acceptors (Lipinski definition) is 7. The molecule has 0 spiro atoms. The number of halogens is 4. The summed E-state index contributed by atoms with van der Waals surface area (Å²) in [4.78, 5) is 51.6. The van der Waals surface area contributed by atoms with Gasteiger partial charge in [-0.25, -0.2) is 28.8 Å². The van der Waals surface area contributed by atoms with Crippen molar-refractivity contribution in [3.05, 3.63) is 47.5 Å². The zero-order valence-corrected chi connectivity index (χ0v) is 28.0. The largest absolute Gasteiger partial charge is 0.443 e. The van der Waals surface area contributed by atoms with Crippen LogP contribution in [-0.4, -0.2) is 77.4 Å². The second kappa shape index (κ2) is 12.6. The molecule has 4 heterocycles. The number of nitrogens with zero attached hydrogens (tertiary/aromatic N) is 6. The molecule has 0 bridgehead atoms. The van der Waals surface area contributed by atoms with Gasteiger partial charge in [0.05, 0.1) is 17.5 Å². The number of pyridine rings is 2. The monoisotopic (exact) mass is 666 g/mol. The first-order chi connectivity index (χ1) is 21.2. The zero-order valence-electron chi connectivity index (χ0n) is 27.0. The van der Waals surface area contributed by atoms with Crippen molar-refractivity contribution in [2.75, 3.05) is 30.0 Å². The molecule has 1 aliphatic heterocycles. The van der Waals surface area contributed by atoms with Crippen LogP contribution in [0.3, 0.4) is 0 Å². The minimum absolute atomic E-state index is 0.0231. The van der Waals surface area contributed by atoms with Gasteiger partial charge in [-0.2, -0.15) is 32.8 Å². The van der Waals surface area contributed by atoms with E-state index in [-0.39, 0.29) is 29.3 Å². The van der Waals surface area contributed by atoms with Crippen LogP contribution < -0.4 is 9.80 Å². The number of carbonyl (C=O) groups is 3. The number of imide groups is 1. The van der Waals surface area contributed by atoms with Crippen LogP contribution in [0.25, 0.3) is 11.0 Å². The Hall–Kier alpha value is -4.05. The van der Waals surface area contributed by atoms with Gasteiger partial charge in [-0.15, -0.1) is 14.1 Å². The van der Waals surface area contributed by atoms with Gasteiger partial charge < -0.3 is 14.0 Å². The van der Waals surface area contributed by atoms with E-state index in [1.54, 1.807) is 20.8 Å². The molecule has 4 rings (SSSR count). The quantitative estimate of drug-likeness (QED) is 0.155. The number of fused-ring (bicyclic) bond motifs is 1. The van der Waals surface area contributed by atoms with Crippen molar-refractivity contribution in [1.82, 2.24) is 19.4 Å². The minimum atomic E-state index is -4.77. The van der Waals surface area contributed by atoms with Gasteiger partial charge in [0.2, 0.25) is 0 Å². The van der Waals surface area contributed by atoms with Crippen molar-refractivity contribution in [1.29, 1.82) is 0 Å². The Kier molecular flexibility index (Phi) is 9.55. The maximum atomic E-state index is 14.7. The van der Waals surface area contributed by atoms with E-state index in [4.69, 9.17) is 9.47 Å². The predicted octanol–water partition coefficient (Wildman–Crippen LogP) is 6.42. The van der Waals surface area contributed by atoms with Crippen molar-refractivity contribution in [2.45, 2.75) is 77.9 Å². The molecule has 3 aromatic rings. The highest BCUT2D eigenvalue weighted by atomic mass is 28.3. The highest BCUT2D eigenvalue weighted by Crippen LogP contribution is 2.34. The van der Waals surface area contributed by atoms with Crippen LogP contribution in [0.5, 0.6) is 0 Å². The molecule has 1 atom stereocenters. The Labute approximate surface area is 265 Å². The number of rotatable bonds is 8. The summed E-state index contributed by atoms with van der Waals surface area (Å²) in [5.41, 5.74) is -1.95. The van der Waals surface area contributed by atoms with E-state index in [2.05, 4.69) is 29.6 Å². The predicted molar refractivity (Wildman–Crippen MR) is 166 cm³/mol. The highest BCUT2D eigenvalue weighted by molar-refractivity contribution is 6.76. The third-order valence-electron chi connectivity index (χ3n) is 7.08. The van der Waals surface area contributed by atoms with Crippen LogP contribution >= 0.6 is 0 Å². The van der Waals surface area contributed by atoms with Crippen molar-refractivity contribution in [3.63, 3.8) is 0 Å². The molecule has 1 saturated heterocycles. The van der Waals surface area contributed by atoms with Gasteiger partial charge in [-0.1, -0.05) is 0 Å². The molecule has 16 heteroatoms. The summed E-state index contributed by atoms with van der Waals surface area (Å²) in [5, 5.41) is 0.191. The zero-order chi connectivity index (χ0) is 34.4. The van der Waals surface area contributed by atoms with Gasteiger partial charge in [-0.05, 0) is 52.0 Å². The Morgan fingerprint density at radius 3 is 2.39 bits per heavy atom. The molecule has 46 heavy (non-hydrogen) atoms. The Morgan fingerprint density at radius 2 is 1.78 bits per heavy atom. The SMILES string of the molecule is Cc1cc(C(F)(F)F)cc(N2C(=O)N(C(=O)OC(C)(C)C)C[C@H]2C(=O)N(C)c2ccc3c(F)cn(COCC[Si-](C)(C)C)c3n2)n1. The first-order valence-electron chi connectivity index (χ1n) is 14.6. The van der Waals surface area contributed by atoms with E-state index in [9.17, 15) is 31.9 Å². The number of aromatic nitrogens is 3. The number of ether oxygens (including phenoxy) is 2. The van der Waals surface area contributed by atoms with Crippen molar-refractivity contribution in [3.8, 4) is 0 Å². The molecular formula is C30H38F4N6O5Si-. The van der Waals surface area contributed by atoms with Gasteiger partial charge in [-0.3, -0.25) is 14.6 Å². The molecule has 3 aromatic heterocycles. The van der Waals surface area contributed by atoms with Crippen LogP contribution in [-0.2, 0) is 27.2 Å². The molecule has 0 saturated carbocycles. The number of hydrogen-bond donors (Lipinski definition) is 0. The van der Waals surface area contributed by atoms with E-state index in [0.29, 0.717) is 17.6 Å². The van der Waals surface area contributed by atoms with Gasteiger partial charge in [0.15, 0.2) is 0 Å². The third kappa shape index (κ3) is 7.83. The van der Waals surface area contributed by atoms with Gasteiger partial charge in [0.25, 0.3) is 5.91 Å². The maximum absolute atomic E-state index is 14.7. The molecule has 4 amide bonds. The Morgan fingerprint density at radius 1 is 1.11 bits per heavy atom. The topological polar surface area (TPSA) is 110 Å². The summed E-state index contributed by atoms with van der Waals surface area (Å²) < 4.78 is 68.4. The van der Waals surface area contributed by atoms with Crippen LogP contribution in [0.4, 0.5) is 38.8 Å². The van der Waals surface area contributed by atoms with E-state index >= 15 is 0 Å². The van der Waals surface area contributed by atoms with Crippen LogP contribution in [0.2, 0.25) is 25.7 Å². The molecule has 0 N–H and O–H groups in total. The summed E-state index contributed by atoms with van der Waals surface area (Å²) >= 11 is 0. The number of urea groups is 1. The summed E-state index contributed by atoms with van der Waals surface area (Å²) in [6, 6.07) is 2.62. The molecule has 0 radical (unpaired) electrons. The lowest BCUT2D eigenvalue weighted by molar-refractivity contribution is -0.137. The van der Waals surface area contributed by atoms with Crippen LogP contribution in [0.15, 0.2) is 30.5 Å². The number of likely N-dealkylation sites (N-methyl/N-ethyl adjacent to an activating group) is 1. The molecule has 251 valence electrons. The number of aryl methyl sites for hydroxylation is 1. The van der Waals surface area contributed by atoms with E-state index in [1.165, 1.54) is 36.9 Å². The Balaban J connectivity index is 1.69. The minimum Gasteiger partial charge on any atom is -0.443 e. The lowest BCUT2D eigenvalue weighted by Crippen LogP contribution is -2.47. The van der Waals surface area contributed by atoms with Crippen molar-refractivity contribution >= 4 is 48.8 Å². The molecule has 0 aromatic carbocycles. The summed E-state index contributed by atoms with van der Waals surface area (Å²) in [6.45, 7) is 12.6. The van der Waals surface area contributed by atoms with Crippen LogP contribution in [0, 0.1) is 12.7 Å². The van der Waals surface area contributed by atoms with E-state index < -0.39 is 67.7 Å².